The van der Waals surface area contributed by atoms with Gasteiger partial charge in [0.25, 0.3) is 0 Å². The average Bonchev–Trinajstić information content (AvgIpc) is 2.22. The van der Waals surface area contributed by atoms with Gasteiger partial charge in [-0.15, -0.1) is 12.3 Å². The molecule has 0 fully saturated rings. The molecule has 3 heteroatoms. The van der Waals surface area contributed by atoms with Crippen LogP contribution in [0.5, 0.6) is 0 Å². The van der Waals surface area contributed by atoms with E-state index in [1.807, 2.05) is 12.1 Å². The first kappa shape index (κ1) is 12.4. The fraction of sp³-hybridized carbons (Fsp3) is 0.333. The van der Waals surface area contributed by atoms with Gasteiger partial charge in [0, 0.05) is 19.0 Å². The van der Waals surface area contributed by atoms with Crippen molar-refractivity contribution in [3.63, 3.8) is 0 Å². The predicted molar refractivity (Wildman–Crippen MR) is 66.3 cm³/mol. The summed E-state index contributed by atoms with van der Waals surface area (Å²) in [4.78, 5) is 0. The van der Waals surface area contributed by atoms with Gasteiger partial charge in [0.2, 0.25) is 0 Å². The van der Waals surface area contributed by atoms with Gasteiger partial charge in [-0.25, -0.2) is 0 Å². The number of benzene rings is 1. The molecular weight excluding hydrogens is 229 g/mol. The van der Waals surface area contributed by atoms with E-state index >= 15 is 0 Å². The van der Waals surface area contributed by atoms with E-state index in [0.29, 0.717) is 10.0 Å². The van der Waals surface area contributed by atoms with Crippen LogP contribution in [0.25, 0.3) is 0 Å². The maximum atomic E-state index is 5.93. The highest BCUT2D eigenvalue weighted by atomic mass is 35.5. The minimum Gasteiger partial charge on any atom is -0.309 e. The highest BCUT2D eigenvalue weighted by Gasteiger charge is 2.06. The lowest BCUT2D eigenvalue weighted by molar-refractivity contribution is 0.584. The molecule has 1 aromatic rings. The Labute approximate surface area is 101 Å². The number of terminal acetylenes is 1. The summed E-state index contributed by atoms with van der Waals surface area (Å²) >= 11 is 11.8. The minimum absolute atomic E-state index is 0.230. The molecule has 0 spiro atoms. The number of hydrogen-bond acceptors (Lipinski definition) is 1. The van der Waals surface area contributed by atoms with Crippen LogP contribution in [0.4, 0.5) is 0 Å². The van der Waals surface area contributed by atoms with Crippen molar-refractivity contribution in [3.05, 3.63) is 33.8 Å². The van der Waals surface area contributed by atoms with E-state index < -0.39 is 0 Å². The minimum atomic E-state index is 0.230. The Bertz CT molecular complexity index is 368. The number of nitrogens with one attached hydrogen (secondary N) is 1. The molecule has 0 aliphatic rings. The van der Waals surface area contributed by atoms with Gasteiger partial charge in [-0.1, -0.05) is 29.3 Å². The number of rotatable bonds is 4. The molecule has 1 nitrogen and oxygen atoms in total. The molecule has 0 aliphatic carbocycles. The Balaban J connectivity index is 2.62. The fourth-order valence-electron chi connectivity index (χ4n) is 1.26. The van der Waals surface area contributed by atoms with Crippen molar-refractivity contribution in [2.45, 2.75) is 19.4 Å². The Morgan fingerprint density at radius 2 is 2.13 bits per heavy atom. The molecule has 0 amide bonds. The Kier molecular flexibility index (Phi) is 4.98. The molecule has 0 heterocycles. The quantitative estimate of drug-likeness (QED) is 0.627. The van der Waals surface area contributed by atoms with E-state index in [2.05, 4.69) is 18.2 Å². The zero-order chi connectivity index (χ0) is 11.3. The molecule has 0 saturated carbocycles. The molecule has 0 saturated heterocycles. The summed E-state index contributed by atoms with van der Waals surface area (Å²) < 4.78 is 0. The van der Waals surface area contributed by atoms with E-state index in [4.69, 9.17) is 29.6 Å². The van der Waals surface area contributed by atoms with Crippen LogP contribution in [0, 0.1) is 12.3 Å². The third-order valence-electron chi connectivity index (χ3n) is 2.16. The molecule has 1 rings (SSSR count). The summed E-state index contributed by atoms with van der Waals surface area (Å²) in [5.41, 5.74) is 1.11. The maximum absolute atomic E-state index is 5.93. The molecule has 15 heavy (non-hydrogen) atoms. The standard InChI is InChI=1S/C12H13Cl2N/c1-3-4-7-15-9(2)10-5-6-11(13)12(14)8-10/h1,5-6,8-9,15H,4,7H2,2H3. The first-order chi connectivity index (χ1) is 7.15. The van der Waals surface area contributed by atoms with E-state index in [9.17, 15) is 0 Å². The average molecular weight is 242 g/mol. The van der Waals surface area contributed by atoms with Crippen molar-refractivity contribution in [2.75, 3.05) is 6.54 Å². The van der Waals surface area contributed by atoms with Crippen LogP contribution < -0.4 is 5.32 Å². The summed E-state index contributed by atoms with van der Waals surface area (Å²) in [6.07, 6.45) is 5.90. The maximum Gasteiger partial charge on any atom is 0.0595 e. The lowest BCUT2D eigenvalue weighted by Gasteiger charge is -2.13. The van der Waals surface area contributed by atoms with Gasteiger partial charge < -0.3 is 5.32 Å². The lowest BCUT2D eigenvalue weighted by atomic mass is 10.1. The molecule has 1 aromatic carbocycles. The van der Waals surface area contributed by atoms with Crippen molar-refractivity contribution in [2.24, 2.45) is 0 Å². The Morgan fingerprint density at radius 1 is 1.40 bits per heavy atom. The van der Waals surface area contributed by atoms with Crippen LogP contribution in [0.1, 0.15) is 24.9 Å². The molecule has 0 radical (unpaired) electrons. The van der Waals surface area contributed by atoms with E-state index in [0.717, 1.165) is 18.5 Å². The van der Waals surface area contributed by atoms with Gasteiger partial charge in [-0.2, -0.15) is 0 Å². The third-order valence-corrected chi connectivity index (χ3v) is 2.90. The SMILES string of the molecule is C#CCCNC(C)c1ccc(Cl)c(Cl)c1. The van der Waals surface area contributed by atoms with Gasteiger partial charge in [0.1, 0.15) is 0 Å². The number of hydrogen-bond donors (Lipinski definition) is 1. The van der Waals surface area contributed by atoms with Crippen LogP contribution in [0.3, 0.4) is 0 Å². The van der Waals surface area contributed by atoms with Crippen LogP contribution in [-0.4, -0.2) is 6.54 Å². The smallest absolute Gasteiger partial charge is 0.0595 e. The van der Waals surface area contributed by atoms with E-state index in [1.54, 1.807) is 6.07 Å². The van der Waals surface area contributed by atoms with E-state index in [1.165, 1.54) is 0 Å². The molecule has 1 atom stereocenters. The zero-order valence-electron chi connectivity index (χ0n) is 8.56. The first-order valence-electron chi connectivity index (χ1n) is 4.77. The molecule has 0 bridgehead atoms. The second-order valence-corrected chi connectivity index (χ2v) is 4.12. The van der Waals surface area contributed by atoms with Crippen LogP contribution in [0.2, 0.25) is 10.0 Å². The zero-order valence-corrected chi connectivity index (χ0v) is 10.1. The van der Waals surface area contributed by atoms with Crippen LogP contribution >= 0.6 is 23.2 Å². The van der Waals surface area contributed by atoms with Crippen LogP contribution in [0.15, 0.2) is 18.2 Å². The normalized spacial score (nSPS) is 12.1. The molecule has 1 unspecified atom stereocenters. The summed E-state index contributed by atoms with van der Waals surface area (Å²) in [5.74, 6) is 2.59. The monoisotopic (exact) mass is 241 g/mol. The summed E-state index contributed by atoms with van der Waals surface area (Å²) in [6.45, 7) is 2.87. The fourth-order valence-corrected chi connectivity index (χ4v) is 1.57. The lowest BCUT2D eigenvalue weighted by Crippen LogP contribution is -2.19. The summed E-state index contributed by atoms with van der Waals surface area (Å²) in [5, 5.41) is 4.47. The predicted octanol–water partition coefficient (Wildman–Crippen LogP) is 3.67. The van der Waals surface area contributed by atoms with Gasteiger partial charge in [-0.05, 0) is 24.6 Å². The Hall–Kier alpha value is -0.680. The second kappa shape index (κ2) is 6.02. The van der Waals surface area contributed by atoms with Crippen molar-refractivity contribution >= 4 is 23.2 Å². The van der Waals surface area contributed by atoms with Crippen molar-refractivity contribution in [3.8, 4) is 12.3 Å². The van der Waals surface area contributed by atoms with Gasteiger partial charge in [0.15, 0.2) is 0 Å². The van der Waals surface area contributed by atoms with Crippen molar-refractivity contribution in [1.82, 2.24) is 5.32 Å². The summed E-state index contributed by atoms with van der Waals surface area (Å²) in [6, 6.07) is 5.87. The highest BCUT2D eigenvalue weighted by Crippen LogP contribution is 2.25. The molecule has 0 aliphatic heterocycles. The van der Waals surface area contributed by atoms with Crippen molar-refractivity contribution in [1.29, 1.82) is 0 Å². The third kappa shape index (κ3) is 3.76. The Morgan fingerprint density at radius 3 is 2.73 bits per heavy atom. The van der Waals surface area contributed by atoms with E-state index in [-0.39, 0.29) is 6.04 Å². The van der Waals surface area contributed by atoms with Crippen LogP contribution in [-0.2, 0) is 0 Å². The van der Waals surface area contributed by atoms with Gasteiger partial charge in [-0.3, -0.25) is 0 Å². The largest absolute Gasteiger partial charge is 0.309 e. The number of halogens is 2. The molecule has 1 N–H and O–H groups in total. The summed E-state index contributed by atoms with van der Waals surface area (Å²) in [7, 11) is 0. The molecular formula is C12H13Cl2N. The van der Waals surface area contributed by atoms with Crippen molar-refractivity contribution < 1.29 is 0 Å². The first-order valence-corrected chi connectivity index (χ1v) is 5.52. The van der Waals surface area contributed by atoms with Gasteiger partial charge >= 0.3 is 0 Å². The highest BCUT2D eigenvalue weighted by molar-refractivity contribution is 6.42. The molecule has 0 aromatic heterocycles. The van der Waals surface area contributed by atoms with Gasteiger partial charge in [0.05, 0.1) is 10.0 Å². The molecule has 80 valence electrons. The topological polar surface area (TPSA) is 12.0 Å². The second-order valence-electron chi connectivity index (χ2n) is 3.30.